The molecule has 39 heavy (non-hydrogen) atoms. The normalized spacial score (nSPS) is 11.7. The average Bonchev–Trinajstić information content (AvgIpc) is 3.27. The number of para-hydroxylation sites is 1. The van der Waals surface area contributed by atoms with Crippen LogP contribution in [0, 0.1) is 0 Å². The summed E-state index contributed by atoms with van der Waals surface area (Å²) in [4.78, 5) is 10.8. The summed E-state index contributed by atoms with van der Waals surface area (Å²) in [6.07, 6.45) is 1.81. The van der Waals surface area contributed by atoms with Gasteiger partial charge in [-0.15, -0.1) is 0 Å². The summed E-state index contributed by atoms with van der Waals surface area (Å²) in [6.45, 7) is 8.64. The summed E-state index contributed by atoms with van der Waals surface area (Å²) in [5, 5.41) is 14.7. The van der Waals surface area contributed by atoms with Gasteiger partial charge >= 0.3 is 0 Å². The van der Waals surface area contributed by atoms with Crippen LogP contribution in [0.3, 0.4) is 0 Å². The number of aromatic hydroxyl groups is 1. The predicted molar refractivity (Wildman–Crippen MR) is 162 cm³/mol. The Bertz CT molecular complexity index is 1810. The maximum atomic E-state index is 11.6. The lowest BCUT2D eigenvalue weighted by molar-refractivity contribution is 0.462. The van der Waals surface area contributed by atoms with Gasteiger partial charge in [0.25, 0.3) is 0 Å². The number of rotatable bonds is 6. The van der Waals surface area contributed by atoms with E-state index in [2.05, 4.69) is 104 Å². The molecule has 3 heterocycles. The van der Waals surface area contributed by atoms with E-state index in [1.165, 1.54) is 5.56 Å². The van der Waals surface area contributed by atoms with Crippen LogP contribution < -0.4 is 0 Å². The Morgan fingerprint density at radius 1 is 0.769 bits per heavy atom. The van der Waals surface area contributed by atoms with Crippen molar-refractivity contribution in [3.05, 3.63) is 108 Å². The third kappa shape index (κ3) is 4.68. The largest absolute Gasteiger partial charge is 0.505 e. The zero-order valence-electron chi connectivity index (χ0n) is 22.6. The van der Waals surface area contributed by atoms with Crippen molar-refractivity contribution in [2.24, 2.45) is 0 Å². The van der Waals surface area contributed by atoms with E-state index < -0.39 is 0 Å². The van der Waals surface area contributed by atoms with E-state index in [-0.39, 0.29) is 5.92 Å². The first-order valence-corrected chi connectivity index (χ1v) is 14.2. The second-order valence-electron chi connectivity index (χ2n) is 10.5. The number of fused-ring (bicyclic) bond motifs is 3. The highest BCUT2D eigenvalue weighted by Gasteiger charge is 2.21. The SMILES string of the molecule is CC(C)c1cc(C(C)C)c(O)c(-n2c3ccccc3c3ccc(-c4cccc(Sc5ccccn5)c4)nc32)c1. The molecule has 0 radical (unpaired) electrons. The highest BCUT2D eigenvalue weighted by atomic mass is 32.2. The molecule has 0 bridgehead atoms. The molecule has 194 valence electrons. The van der Waals surface area contributed by atoms with Crippen molar-refractivity contribution in [2.75, 3.05) is 0 Å². The van der Waals surface area contributed by atoms with Gasteiger partial charge in [-0.05, 0) is 71.5 Å². The number of hydrogen-bond donors (Lipinski definition) is 1. The lowest BCUT2D eigenvalue weighted by Gasteiger charge is -2.19. The molecule has 0 fully saturated rings. The van der Waals surface area contributed by atoms with Crippen molar-refractivity contribution in [1.29, 1.82) is 0 Å². The van der Waals surface area contributed by atoms with Gasteiger partial charge in [-0.2, -0.15) is 0 Å². The van der Waals surface area contributed by atoms with Gasteiger partial charge in [-0.25, -0.2) is 9.97 Å². The molecule has 3 aromatic carbocycles. The van der Waals surface area contributed by atoms with Gasteiger partial charge in [-0.1, -0.05) is 81.9 Å². The van der Waals surface area contributed by atoms with Crippen LogP contribution >= 0.6 is 11.8 Å². The zero-order chi connectivity index (χ0) is 27.1. The fraction of sp³-hybridized carbons (Fsp3) is 0.176. The van der Waals surface area contributed by atoms with E-state index in [0.717, 1.165) is 54.4 Å². The van der Waals surface area contributed by atoms with Crippen LogP contribution in [-0.2, 0) is 0 Å². The molecule has 0 saturated heterocycles. The number of nitrogens with zero attached hydrogens (tertiary/aromatic N) is 3. The number of aromatic nitrogens is 3. The van der Waals surface area contributed by atoms with Crippen molar-refractivity contribution < 1.29 is 5.11 Å². The highest BCUT2D eigenvalue weighted by Crippen LogP contribution is 2.40. The molecule has 0 atom stereocenters. The van der Waals surface area contributed by atoms with Crippen LogP contribution in [0.4, 0.5) is 0 Å². The van der Waals surface area contributed by atoms with Gasteiger partial charge in [0.1, 0.15) is 16.4 Å². The van der Waals surface area contributed by atoms with E-state index in [0.29, 0.717) is 11.7 Å². The first-order chi connectivity index (χ1) is 18.9. The second-order valence-corrected chi connectivity index (χ2v) is 11.6. The van der Waals surface area contributed by atoms with Crippen molar-refractivity contribution in [1.82, 2.24) is 14.5 Å². The Balaban J connectivity index is 1.56. The van der Waals surface area contributed by atoms with E-state index in [1.807, 2.05) is 30.5 Å². The molecule has 0 aliphatic carbocycles. The molecule has 5 heteroatoms. The molecule has 4 nitrogen and oxygen atoms in total. The molecule has 0 aliphatic heterocycles. The monoisotopic (exact) mass is 529 g/mol. The third-order valence-corrected chi connectivity index (χ3v) is 8.12. The highest BCUT2D eigenvalue weighted by molar-refractivity contribution is 7.99. The second kappa shape index (κ2) is 10.2. The summed E-state index contributed by atoms with van der Waals surface area (Å²) >= 11 is 1.64. The maximum absolute atomic E-state index is 11.6. The quantitative estimate of drug-likeness (QED) is 0.233. The zero-order valence-corrected chi connectivity index (χ0v) is 23.4. The van der Waals surface area contributed by atoms with Crippen molar-refractivity contribution in [3.8, 4) is 22.7 Å². The summed E-state index contributed by atoms with van der Waals surface area (Å²) in [7, 11) is 0. The van der Waals surface area contributed by atoms with Crippen molar-refractivity contribution >= 4 is 33.7 Å². The molecule has 0 aliphatic rings. The van der Waals surface area contributed by atoms with E-state index in [1.54, 1.807) is 11.8 Å². The number of pyridine rings is 2. The summed E-state index contributed by atoms with van der Waals surface area (Å²) in [5.74, 6) is 0.842. The Labute approximate surface area is 233 Å². The first kappa shape index (κ1) is 25.2. The molecule has 6 rings (SSSR count). The van der Waals surface area contributed by atoms with Gasteiger partial charge in [0.05, 0.1) is 16.9 Å². The first-order valence-electron chi connectivity index (χ1n) is 13.4. The van der Waals surface area contributed by atoms with Crippen LogP contribution in [0.2, 0.25) is 0 Å². The van der Waals surface area contributed by atoms with Crippen LogP contribution in [-0.4, -0.2) is 19.6 Å². The van der Waals surface area contributed by atoms with Crippen LogP contribution in [0.1, 0.15) is 50.7 Å². The molecular formula is C34H31N3OS. The lowest BCUT2D eigenvalue weighted by atomic mass is 9.93. The van der Waals surface area contributed by atoms with Gasteiger partial charge in [0.15, 0.2) is 0 Å². The molecular weight excluding hydrogens is 498 g/mol. The fourth-order valence-corrected chi connectivity index (χ4v) is 5.93. The maximum Gasteiger partial charge on any atom is 0.146 e. The van der Waals surface area contributed by atoms with Gasteiger partial charge in [-0.3, -0.25) is 4.57 Å². The summed E-state index contributed by atoms with van der Waals surface area (Å²) < 4.78 is 2.13. The Morgan fingerprint density at radius 3 is 2.36 bits per heavy atom. The van der Waals surface area contributed by atoms with Gasteiger partial charge in [0, 0.05) is 27.4 Å². The molecule has 0 spiro atoms. The molecule has 6 aromatic rings. The minimum atomic E-state index is 0.193. The van der Waals surface area contributed by atoms with Gasteiger partial charge < -0.3 is 5.11 Å². The topological polar surface area (TPSA) is 50.9 Å². The fourth-order valence-electron chi connectivity index (χ4n) is 5.10. The smallest absolute Gasteiger partial charge is 0.146 e. The average molecular weight is 530 g/mol. The molecule has 0 amide bonds. The Hall–Kier alpha value is -4.09. The third-order valence-electron chi connectivity index (χ3n) is 7.18. The number of hydrogen-bond acceptors (Lipinski definition) is 4. The summed E-state index contributed by atoms with van der Waals surface area (Å²) in [5.41, 5.74) is 6.73. The van der Waals surface area contributed by atoms with Crippen LogP contribution in [0.15, 0.2) is 107 Å². The van der Waals surface area contributed by atoms with E-state index >= 15 is 0 Å². The van der Waals surface area contributed by atoms with E-state index in [9.17, 15) is 5.11 Å². The van der Waals surface area contributed by atoms with Crippen LogP contribution in [0.5, 0.6) is 5.75 Å². The molecule has 0 saturated carbocycles. The Morgan fingerprint density at radius 2 is 1.59 bits per heavy atom. The van der Waals surface area contributed by atoms with Crippen molar-refractivity contribution in [3.63, 3.8) is 0 Å². The van der Waals surface area contributed by atoms with E-state index in [4.69, 9.17) is 4.98 Å². The molecule has 3 aromatic heterocycles. The van der Waals surface area contributed by atoms with Gasteiger partial charge in [0.2, 0.25) is 0 Å². The lowest BCUT2D eigenvalue weighted by Crippen LogP contribution is -2.03. The minimum Gasteiger partial charge on any atom is -0.505 e. The summed E-state index contributed by atoms with van der Waals surface area (Å²) in [6, 6.07) is 31.2. The minimum absolute atomic E-state index is 0.193. The van der Waals surface area contributed by atoms with Crippen LogP contribution in [0.25, 0.3) is 38.9 Å². The number of phenolic OH excluding ortho intramolecular Hbond substituents is 1. The Kier molecular flexibility index (Phi) is 6.61. The van der Waals surface area contributed by atoms with Crippen molar-refractivity contribution in [2.45, 2.75) is 49.5 Å². The number of phenols is 1. The predicted octanol–water partition coefficient (Wildman–Crippen LogP) is 9.34. The molecule has 0 unspecified atom stereocenters. The standard InChI is InChI=1S/C34H31N3OS/c1-21(2)24-19-28(22(3)4)33(38)31(20-24)37-30-13-6-5-12-26(30)27-15-16-29(36-34(27)37)23-10-9-11-25(18-23)39-32-14-7-8-17-35-32/h5-22,38H,1-4H3. The number of benzene rings is 3. The molecule has 1 N–H and O–H groups in total.